The number of hydrogen-bond donors (Lipinski definition) is 8. The Bertz CT molecular complexity index is 1780. The third-order valence-corrected chi connectivity index (χ3v) is 6.15. The van der Waals surface area contributed by atoms with E-state index in [9.17, 15) is 58.8 Å². The molecule has 0 radical (unpaired) electrons. The van der Waals surface area contributed by atoms with Gasteiger partial charge in [-0.15, -0.1) is 0 Å². The van der Waals surface area contributed by atoms with Gasteiger partial charge in [-0.3, -0.25) is 0 Å². The summed E-state index contributed by atoms with van der Waals surface area (Å²) in [4.78, 5) is 90.5. The Balaban J connectivity index is 0.000000240. The Kier molecular flexibility index (Phi) is 8.61. The highest BCUT2D eigenvalue weighted by Crippen LogP contribution is 2.32. The normalized spacial score (nSPS) is 10.4. The van der Waals surface area contributed by atoms with Crippen LogP contribution in [0, 0.1) is 0 Å². The van der Waals surface area contributed by atoms with Crippen LogP contribution in [0.2, 0.25) is 0 Å². The molecule has 4 rings (SSSR count). The third-order valence-electron chi connectivity index (χ3n) is 6.15. The number of benzene rings is 4. The van der Waals surface area contributed by atoms with E-state index < -0.39 is 103 Å². The maximum atomic E-state index is 11.4. The summed E-state index contributed by atoms with van der Waals surface area (Å²) in [6.07, 6.45) is 0. The highest BCUT2D eigenvalue weighted by molar-refractivity contribution is 6.24. The van der Waals surface area contributed by atoms with Crippen LogP contribution >= 0.6 is 0 Å². The van der Waals surface area contributed by atoms with Gasteiger partial charge in [0.25, 0.3) is 0 Å². The summed E-state index contributed by atoms with van der Waals surface area (Å²) in [5.74, 6) is -13.0. The fraction of sp³-hybridized carbons (Fsp3) is 0. The zero-order valence-corrected chi connectivity index (χ0v) is 21.5. The first-order valence-electron chi connectivity index (χ1n) is 11.6. The van der Waals surface area contributed by atoms with Crippen molar-refractivity contribution < 1.29 is 79.2 Å². The molecule has 0 amide bonds. The molecule has 16 heteroatoms. The maximum Gasteiger partial charge on any atom is 0.337 e. The van der Waals surface area contributed by atoms with Crippen LogP contribution in [0.25, 0.3) is 21.5 Å². The molecular weight excluding hydrogens is 592 g/mol. The van der Waals surface area contributed by atoms with E-state index in [1.165, 1.54) is 24.3 Å². The van der Waals surface area contributed by atoms with Crippen LogP contribution in [0.5, 0.6) is 0 Å². The molecule has 0 bridgehead atoms. The second-order valence-corrected chi connectivity index (χ2v) is 8.56. The lowest BCUT2D eigenvalue weighted by atomic mass is 9.88. The summed E-state index contributed by atoms with van der Waals surface area (Å²) in [5, 5.41) is 72.3. The van der Waals surface area contributed by atoms with Crippen molar-refractivity contribution in [2.45, 2.75) is 0 Å². The van der Waals surface area contributed by atoms with Gasteiger partial charge in [-0.2, -0.15) is 0 Å². The minimum atomic E-state index is -1.83. The predicted octanol–water partition coefficient (Wildman–Crippen LogP) is 3.27. The van der Waals surface area contributed by atoms with Gasteiger partial charge in [0.1, 0.15) is 0 Å². The smallest absolute Gasteiger partial charge is 0.337 e. The van der Waals surface area contributed by atoms with Crippen LogP contribution in [0.4, 0.5) is 0 Å². The van der Waals surface area contributed by atoms with Crippen LogP contribution in [-0.4, -0.2) is 88.6 Å². The van der Waals surface area contributed by atoms with Gasteiger partial charge in [-0.25, -0.2) is 38.4 Å². The molecule has 0 aliphatic heterocycles. The first-order valence-corrected chi connectivity index (χ1v) is 11.6. The molecule has 224 valence electrons. The van der Waals surface area contributed by atoms with Crippen molar-refractivity contribution in [2.24, 2.45) is 0 Å². The van der Waals surface area contributed by atoms with Crippen molar-refractivity contribution in [3.8, 4) is 0 Å². The number of carboxylic acid groups (broad SMARTS) is 8. The molecule has 0 unspecified atom stereocenters. The predicted molar refractivity (Wildman–Crippen MR) is 144 cm³/mol. The van der Waals surface area contributed by atoms with E-state index in [2.05, 4.69) is 0 Å². The highest BCUT2D eigenvalue weighted by Gasteiger charge is 2.33. The van der Waals surface area contributed by atoms with Gasteiger partial charge in [0.2, 0.25) is 0 Å². The Labute approximate surface area is 241 Å². The summed E-state index contributed by atoms with van der Waals surface area (Å²) in [5.41, 5.74) is -5.58. The van der Waals surface area contributed by atoms with Crippen molar-refractivity contribution in [1.82, 2.24) is 0 Å². The summed E-state index contributed by atoms with van der Waals surface area (Å²) < 4.78 is 0. The van der Waals surface area contributed by atoms with E-state index in [4.69, 9.17) is 20.4 Å². The van der Waals surface area contributed by atoms with Crippen LogP contribution in [0.15, 0.2) is 48.5 Å². The quantitative estimate of drug-likeness (QED) is 0.142. The fourth-order valence-corrected chi connectivity index (χ4v) is 4.52. The van der Waals surface area contributed by atoms with Crippen molar-refractivity contribution in [3.63, 3.8) is 0 Å². The van der Waals surface area contributed by atoms with Crippen LogP contribution in [0.3, 0.4) is 0 Å². The average molecular weight is 608 g/mol. The second kappa shape index (κ2) is 12.0. The lowest BCUT2D eigenvalue weighted by Gasteiger charge is -2.14. The molecule has 8 N–H and O–H groups in total. The molecule has 0 saturated carbocycles. The first kappa shape index (κ1) is 31.7. The molecule has 0 aliphatic rings. The monoisotopic (exact) mass is 608 g/mol. The van der Waals surface area contributed by atoms with Crippen LogP contribution < -0.4 is 0 Å². The van der Waals surface area contributed by atoms with E-state index in [0.29, 0.717) is 0 Å². The molecule has 16 nitrogen and oxygen atoms in total. The zero-order chi connectivity index (χ0) is 33.2. The van der Waals surface area contributed by atoms with Crippen LogP contribution in [0.1, 0.15) is 82.9 Å². The number of hydrogen-bond acceptors (Lipinski definition) is 8. The van der Waals surface area contributed by atoms with Crippen molar-refractivity contribution in [2.75, 3.05) is 0 Å². The van der Waals surface area contributed by atoms with Crippen molar-refractivity contribution in [3.05, 3.63) is 93.0 Å². The molecule has 0 aromatic heterocycles. The topological polar surface area (TPSA) is 298 Å². The van der Waals surface area contributed by atoms with E-state index in [1.54, 1.807) is 0 Å². The number of rotatable bonds is 8. The molecule has 44 heavy (non-hydrogen) atoms. The maximum absolute atomic E-state index is 11.4. The molecule has 4 aromatic rings. The molecule has 4 aromatic carbocycles. The van der Waals surface area contributed by atoms with Gasteiger partial charge < -0.3 is 40.9 Å². The minimum Gasteiger partial charge on any atom is -0.478 e. The summed E-state index contributed by atoms with van der Waals surface area (Å²) in [6, 6.07) is 8.99. The largest absolute Gasteiger partial charge is 0.478 e. The van der Waals surface area contributed by atoms with E-state index in [0.717, 1.165) is 24.3 Å². The third kappa shape index (κ3) is 5.53. The van der Waals surface area contributed by atoms with Gasteiger partial charge in [-0.1, -0.05) is 24.3 Å². The number of fused-ring (bicyclic) bond motifs is 2. The first-order chi connectivity index (χ1) is 20.5. The van der Waals surface area contributed by atoms with E-state index >= 15 is 0 Å². The van der Waals surface area contributed by atoms with Crippen molar-refractivity contribution >= 4 is 69.3 Å². The van der Waals surface area contributed by atoms with Gasteiger partial charge in [0.05, 0.1) is 44.5 Å². The van der Waals surface area contributed by atoms with Crippen molar-refractivity contribution in [1.29, 1.82) is 0 Å². The number of aromatic carboxylic acids is 8. The molecular formula is C28H16O16. The molecule has 0 spiro atoms. The Hall–Kier alpha value is -6.84. The Morgan fingerprint density at radius 3 is 0.727 bits per heavy atom. The second-order valence-electron chi connectivity index (χ2n) is 8.56. The Morgan fingerprint density at radius 1 is 0.318 bits per heavy atom. The lowest BCUT2D eigenvalue weighted by Crippen LogP contribution is -2.20. The lowest BCUT2D eigenvalue weighted by molar-refractivity contribution is 0.0621. The highest BCUT2D eigenvalue weighted by atomic mass is 16.4. The SMILES string of the molecule is O=C(O)c1c(C(=O)O)c(C(=O)O)c2ccccc2c1C(=O)O.O=C(O)c1ccc(C(=O)O)c2c(C(=O)O)ccc(C(=O)O)c12. The van der Waals surface area contributed by atoms with Gasteiger partial charge in [0.15, 0.2) is 0 Å². The van der Waals surface area contributed by atoms with E-state index in [1.807, 2.05) is 0 Å². The number of carboxylic acids is 8. The Morgan fingerprint density at radius 2 is 0.545 bits per heavy atom. The summed E-state index contributed by atoms with van der Waals surface area (Å²) >= 11 is 0. The van der Waals surface area contributed by atoms with Gasteiger partial charge in [-0.05, 0) is 35.0 Å². The van der Waals surface area contributed by atoms with Gasteiger partial charge >= 0.3 is 47.8 Å². The molecule has 0 fully saturated rings. The summed E-state index contributed by atoms with van der Waals surface area (Å²) in [6.45, 7) is 0. The van der Waals surface area contributed by atoms with Crippen LogP contribution in [-0.2, 0) is 0 Å². The standard InChI is InChI=1S/2C14H8O8/c15-11(16)5-1-2-6(12(17)18)10-8(14(21)22)4-3-7(9(5)10)13(19)20;15-11(16)7-5-3-1-2-4-6(5)8(12(17)18)10(14(21)22)9(7)13(19)20/h2*1-4H,(H,15,16)(H,17,18)(H,19,20)(H,21,22). The molecule has 0 saturated heterocycles. The number of carbonyl (C=O) groups is 8. The van der Waals surface area contributed by atoms with Gasteiger partial charge in [0, 0.05) is 10.8 Å². The summed E-state index contributed by atoms with van der Waals surface area (Å²) in [7, 11) is 0. The average Bonchev–Trinajstić information content (AvgIpc) is 2.93. The molecule has 0 aliphatic carbocycles. The fourth-order valence-electron chi connectivity index (χ4n) is 4.52. The zero-order valence-electron chi connectivity index (χ0n) is 21.5. The molecule has 0 atom stereocenters. The minimum absolute atomic E-state index is 0.158. The van der Waals surface area contributed by atoms with E-state index in [-0.39, 0.29) is 10.8 Å². The molecule has 0 heterocycles.